The van der Waals surface area contributed by atoms with Crippen LogP contribution in [0.5, 0.6) is 5.88 Å². The molecule has 0 spiro atoms. The van der Waals surface area contributed by atoms with Crippen LogP contribution in [0.15, 0.2) is 54.7 Å². The number of aromatic nitrogens is 2. The molecule has 1 fully saturated rings. The standard InChI is InChI=1S/C21H19Cl2N3O/c22-16-7-3-14(4-8-16)20-21(15-5-9-17(23)10-6-15)26-19(13-25-20)27-18-2-1-11-24-12-18/h3-10,13,18,24H,1-2,11-12H2. The van der Waals surface area contributed by atoms with Crippen molar-refractivity contribution >= 4 is 23.2 Å². The van der Waals surface area contributed by atoms with Gasteiger partial charge in [0.05, 0.1) is 11.9 Å². The lowest BCUT2D eigenvalue weighted by atomic mass is 10.0. The molecule has 138 valence electrons. The van der Waals surface area contributed by atoms with Gasteiger partial charge in [0.15, 0.2) is 0 Å². The topological polar surface area (TPSA) is 47.0 Å². The molecular weight excluding hydrogens is 381 g/mol. The van der Waals surface area contributed by atoms with Gasteiger partial charge in [-0.25, -0.2) is 9.97 Å². The van der Waals surface area contributed by atoms with Crippen LogP contribution < -0.4 is 10.1 Å². The highest BCUT2D eigenvalue weighted by molar-refractivity contribution is 6.31. The molecule has 4 nitrogen and oxygen atoms in total. The van der Waals surface area contributed by atoms with E-state index in [9.17, 15) is 0 Å². The van der Waals surface area contributed by atoms with Crippen molar-refractivity contribution in [3.8, 4) is 28.4 Å². The van der Waals surface area contributed by atoms with Gasteiger partial charge in [-0.15, -0.1) is 0 Å². The largest absolute Gasteiger partial charge is 0.472 e. The first-order chi connectivity index (χ1) is 13.2. The molecule has 1 aliphatic heterocycles. The lowest BCUT2D eigenvalue weighted by Crippen LogP contribution is -2.37. The monoisotopic (exact) mass is 399 g/mol. The maximum atomic E-state index is 6.07. The average molecular weight is 400 g/mol. The Labute approximate surface area is 168 Å². The summed E-state index contributed by atoms with van der Waals surface area (Å²) in [6, 6.07) is 15.2. The summed E-state index contributed by atoms with van der Waals surface area (Å²) in [5.41, 5.74) is 3.42. The molecular formula is C21H19Cl2N3O. The Morgan fingerprint density at radius 1 is 0.889 bits per heavy atom. The fraction of sp³-hybridized carbons (Fsp3) is 0.238. The number of hydrogen-bond acceptors (Lipinski definition) is 4. The molecule has 1 N–H and O–H groups in total. The number of rotatable bonds is 4. The van der Waals surface area contributed by atoms with E-state index in [2.05, 4.69) is 10.3 Å². The van der Waals surface area contributed by atoms with E-state index in [-0.39, 0.29) is 6.10 Å². The fourth-order valence-corrected chi connectivity index (χ4v) is 3.40. The van der Waals surface area contributed by atoms with Gasteiger partial charge < -0.3 is 10.1 Å². The first-order valence-corrected chi connectivity index (χ1v) is 9.71. The van der Waals surface area contributed by atoms with Gasteiger partial charge in [-0.05, 0) is 43.7 Å². The predicted molar refractivity (Wildman–Crippen MR) is 109 cm³/mol. The normalized spacial score (nSPS) is 16.9. The number of benzene rings is 2. The molecule has 0 saturated carbocycles. The van der Waals surface area contributed by atoms with Gasteiger partial charge >= 0.3 is 0 Å². The first kappa shape index (κ1) is 18.2. The smallest absolute Gasteiger partial charge is 0.233 e. The summed E-state index contributed by atoms with van der Waals surface area (Å²) in [7, 11) is 0. The van der Waals surface area contributed by atoms with E-state index >= 15 is 0 Å². The zero-order valence-corrected chi connectivity index (χ0v) is 16.2. The minimum Gasteiger partial charge on any atom is -0.472 e. The molecule has 1 atom stereocenters. The van der Waals surface area contributed by atoms with Crippen LogP contribution in [0.2, 0.25) is 10.0 Å². The van der Waals surface area contributed by atoms with Crippen molar-refractivity contribution in [1.29, 1.82) is 0 Å². The summed E-state index contributed by atoms with van der Waals surface area (Å²) < 4.78 is 6.07. The number of halogens is 2. The molecule has 3 aromatic rings. The van der Waals surface area contributed by atoms with Crippen LogP contribution in [0.4, 0.5) is 0 Å². The van der Waals surface area contributed by atoms with Crippen LogP contribution in [-0.2, 0) is 0 Å². The minimum atomic E-state index is 0.118. The van der Waals surface area contributed by atoms with Crippen LogP contribution in [0.25, 0.3) is 22.5 Å². The minimum absolute atomic E-state index is 0.118. The highest BCUT2D eigenvalue weighted by atomic mass is 35.5. The zero-order chi connectivity index (χ0) is 18.6. The average Bonchev–Trinajstić information content (AvgIpc) is 2.70. The van der Waals surface area contributed by atoms with Gasteiger partial charge in [-0.3, -0.25) is 0 Å². The van der Waals surface area contributed by atoms with Gasteiger partial charge in [0.1, 0.15) is 11.8 Å². The van der Waals surface area contributed by atoms with Gasteiger partial charge in [0.2, 0.25) is 5.88 Å². The van der Waals surface area contributed by atoms with Crippen molar-refractivity contribution in [3.05, 3.63) is 64.8 Å². The number of nitrogens with one attached hydrogen (secondary N) is 1. The second kappa shape index (κ2) is 8.26. The predicted octanol–water partition coefficient (Wildman–Crippen LogP) is 5.25. The summed E-state index contributed by atoms with van der Waals surface area (Å²) >= 11 is 12.1. The van der Waals surface area contributed by atoms with Gasteiger partial charge in [0.25, 0.3) is 0 Å². The summed E-state index contributed by atoms with van der Waals surface area (Å²) in [6.45, 7) is 1.87. The van der Waals surface area contributed by atoms with E-state index in [1.807, 2.05) is 48.5 Å². The second-order valence-corrected chi connectivity index (χ2v) is 7.38. The fourth-order valence-electron chi connectivity index (χ4n) is 3.15. The van der Waals surface area contributed by atoms with E-state index < -0.39 is 0 Å². The Balaban J connectivity index is 1.73. The van der Waals surface area contributed by atoms with Crippen molar-refractivity contribution in [2.45, 2.75) is 18.9 Å². The van der Waals surface area contributed by atoms with Gasteiger partial charge in [-0.2, -0.15) is 0 Å². The molecule has 1 saturated heterocycles. The van der Waals surface area contributed by atoms with E-state index in [1.165, 1.54) is 0 Å². The molecule has 1 aliphatic rings. The Bertz CT molecular complexity index is 908. The molecule has 4 rings (SSSR count). The molecule has 6 heteroatoms. The van der Waals surface area contributed by atoms with Gasteiger partial charge in [-0.1, -0.05) is 47.5 Å². The maximum Gasteiger partial charge on any atom is 0.233 e. The Morgan fingerprint density at radius 3 is 2.11 bits per heavy atom. The van der Waals surface area contributed by atoms with Gasteiger partial charge in [0, 0.05) is 27.7 Å². The molecule has 0 bridgehead atoms. The lowest BCUT2D eigenvalue weighted by Gasteiger charge is -2.23. The third-order valence-corrected chi connectivity index (χ3v) is 5.03. The van der Waals surface area contributed by atoms with E-state index in [1.54, 1.807) is 6.20 Å². The first-order valence-electron chi connectivity index (χ1n) is 8.95. The van der Waals surface area contributed by atoms with E-state index in [0.29, 0.717) is 15.9 Å². The zero-order valence-electron chi connectivity index (χ0n) is 14.7. The molecule has 0 radical (unpaired) electrons. The summed E-state index contributed by atoms with van der Waals surface area (Å²) in [5, 5.41) is 4.72. The molecule has 0 aliphatic carbocycles. The number of piperidine rings is 1. The highest BCUT2D eigenvalue weighted by Crippen LogP contribution is 2.32. The quantitative estimate of drug-likeness (QED) is 0.650. The molecule has 2 heterocycles. The Hall–Kier alpha value is -2.14. The van der Waals surface area contributed by atoms with Crippen LogP contribution in [0, 0.1) is 0 Å². The molecule has 27 heavy (non-hydrogen) atoms. The van der Waals surface area contributed by atoms with Crippen LogP contribution in [0.1, 0.15) is 12.8 Å². The molecule has 1 aromatic heterocycles. The second-order valence-electron chi connectivity index (χ2n) is 6.51. The van der Waals surface area contributed by atoms with Crippen molar-refractivity contribution in [3.63, 3.8) is 0 Å². The van der Waals surface area contributed by atoms with Crippen LogP contribution >= 0.6 is 23.2 Å². The Morgan fingerprint density at radius 2 is 1.52 bits per heavy atom. The number of hydrogen-bond donors (Lipinski definition) is 1. The molecule has 2 aromatic carbocycles. The van der Waals surface area contributed by atoms with Crippen molar-refractivity contribution in [1.82, 2.24) is 15.3 Å². The van der Waals surface area contributed by atoms with Crippen LogP contribution in [0.3, 0.4) is 0 Å². The summed E-state index contributed by atoms with van der Waals surface area (Å²) in [6.07, 6.45) is 3.93. The molecule has 1 unspecified atom stereocenters. The van der Waals surface area contributed by atoms with Crippen LogP contribution in [-0.4, -0.2) is 29.2 Å². The van der Waals surface area contributed by atoms with E-state index in [0.717, 1.165) is 48.4 Å². The highest BCUT2D eigenvalue weighted by Gasteiger charge is 2.18. The third kappa shape index (κ3) is 4.41. The van der Waals surface area contributed by atoms with Crippen molar-refractivity contribution < 1.29 is 4.74 Å². The number of nitrogens with zero attached hydrogens (tertiary/aromatic N) is 2. The SMILES string of the molecule is Clc1ccc(-c2ncc(OC3CCCNC3)nc2-c2ccc(Cl)cc2)cc1. The maximum absolute atomic E-state index is 6.07. The third-order valence-electron chi connectivity index (χ3n) is 4.52. The van der Waals surface area contributed by atoms with Crippen molar-refractivity contribution in [2.24, 2.45) is 0 Å². The Kier molecular flexibility index (Phi) is 5.58. The van der Waals surface area contributed by atoms with Crippen molar-refractivity contribution in [2.75, 3.05) is 13.1 Å². The van der Waals surface area contributed by atoms with E-state index in [4.69, 9.17) is 32.9 Å². The summed E-state index contributed by atoms with van der Waals surface area (Å²) in [5.74, 6) is 0.534. The lowest BCUT2D eigenvalue weighted by molar-refractivity contribution is 0.160. The number of ether oxygens (including phenoxy) is 1. The summed E-state index contributed by atoms with van der Waals surface area (Å²) in [4.78, 5) is 9.44. The molecule has 0 amide bonds.